The topological polar surface area (TPSA) is 118 Å². The minimum absolute atomic E-state index is 0.170. The van der Waals surface area contributed by atoms with Crippen LogP contribution in [-0.4, -0.2) is 53.5 Å². The van der Waals surface area contributed by atoms with Crippen LogP contribution in [0.15, 0.2) is 73.3 Å². The standard InChI is InChI=1S/C31H26FN9O/c32-24-2-1-11-36-29(24)30-28(39-31-23-17-34-12-7-25(23)42-19-41(30)31)21-5-3-20(4-6-21)18-40-14-9-22(10-15-40)37-26-8-13-35-27(16-33)38-26/h1-8,11-13,17,22H,9-10,14-15,18-19H2,(H,35,37,38). The summed E-state index contributed by atoms with van der Waals surface area (Å²) in [4.78, 5) is 24.2. The maximum Gasteiger partial charge on any atom is 0.234 e. The molecular weight excluding hydrogens is 533 g/mol. The smallest absolute Gasteiger partial charge is 0.234 e. The molecule has 0 amide bonds. The highest BCUT2D eigenvalue weighted by Gasteiger charge is 2.28. The van der Waals surface area contributed by atoms with Gasteiger partial charge in [-0.15, -0.1) is 0 Å². The average Bonchev–Trinajstić information content (AvgIpc) is 3.43. The summed E-state index contributed by atoms with van der Waals surface area (Å²) in [5.41, 5.74) is 4.26. The molecule has 208 valence electrons. The number of ether oxygens (including phenoxy) is 1. The van der Waals surface area contributed by atoms with E-state index in [9.17, 15) is 0 Å². The number of halogens is 1. The molecule has 10 nitrogen and oxygen atoms in total. The Morgan fingerprint density at radius 1 is 0.976 bits per heavy atom. The Morgan fingerprint density at radius 3 is 2.64 bits per heavy atom. The van der Waals surface area contributed by atoms with Crippen LogP contribution in [0.4, 0.5) is 10.2 Å². The number of hydrogen-bond donors (Lipinski definition) is 1. The van der Waals surface area contributed by atoms with Gasteiger partial charge in [0.25, 0.3) is 0 Å². The predicted octanol–water partition coefficient (Wildman–Crippen LogP) is 4.90. The van der Waals surface area contributed by atoms with Gasteiger partial charge in [0.2, 0.25) is 5.82 Å². The summed E-state index contributed by atoms with van der Waals surface area (Å²) in [6, 6.07) is 17.1. The number of pyridine rings is 2. The number of nitrogens with one attached hydrogen (secondary N) is 1. The Kier molecular flexibility index (Phi) is 6.73. The Bertz CT molecular complexity index is 1790. The Balaban J connectivity index is 1.10. The normalized spacial score (nSPS) is 14.9. The summed E-state index contributed by atoms with van der Waals surface area (Å²) in [6.45, 7) is 2.91. The van der Waals surface area contributed by atoms with Gasteiger partial charge in [-0.05, 0) is 42.7 Å². The maximum atomic E-state index is 15.0. The minimum atomic E-state index is -0.418. The van der Waals surface area contributed by atoms with E-state index in [-0.39, 0.29) is 18.2 Å². The van der Waals surface area contributed by atoms with Gasteiger partial charge in [-0.25, -0.2) is 19.3 Å². The average molecular weight is 560 g/mol. The first-order valence-electron chi connectivity index (χ1n) is 13.8. The minimum Gasteiger partial charge on any atom is -0.472 e. The molecule has 0 bridgehead atoms. The van der Waals surface area contributed by atoms with Gasteiger partial charge < -0.3 is 10.1 Å². The molecule has 0 aliphatic carbocycles. The second kappa shape index (κ2) is 11.0. The van der Waals surface area contributed by atoms with E-state index in [1.54, 1.807) is 36.9 Å². The molecule has 0 radical (unpaired) electrons. The number of piperidine rings is 1. The van der Waals surface area contributed by atoms with Crippen LogP contribution in [0.25, 0.3) is 34.0 Å². The van der Waals surface area contributed by atoms with E-state index in [4.69, 9.17) is 15.0 Å². The van der Waals surface area contributed by atoms with Gasteiger partial charge in [-0.3, -0.25) is 19.4 Å². The van der Waals surface area contributed by atoms with Crippen molar-refractivity contribution in [3.63, 3.8) is 0 Å². The quantitative estimate of drug-likeness (QED) is 0.310. The van der Waals surface area contributed by atoms with E-state index < -0.39 is 5.82 Å². The number of rotatable bonds is 6. The third-order valence-electron chi connectivity index (χ3n) is 7.65. The van der Waals surface area contributed by atoms with Crippen LogP contribution in [0.5, 0.6) is 5.75 Å². The van der Waals surface area contributed by atoms with Crippen molar-refractivity contribution >= 4 is 5.82 Å². The van der Waals surface area contributed by atoms with E-state index in [2.05, 4.69) is 42.3 Å². The van der Waals surface area contributed by atoms with Crippen LogP contribution in [0.1, 0.15) is 24.2 Å². The fraction of sp³-hybridized carbons (Fsp3) is 0.226. The molecule has 1 N–H and O–H groups in total. The number of nitrogens with zero attached hydrogens (tertiary/aromatic N) is 8. The largest absolute Gasteiger partial charge is 0.472 e. The number of nitriles is 1. The van der Waals surface area contributed by atoms with Crippen LogP contribution >= 0.6 is 0 Å². The molecule has 1 aromatic carbocycles. The molecule has 42 heavy (non-hydrogen) atoms. The molecule has 11 heteroatoms. The Labute approximate surface area is 241 Å². The molecule has 0 spiro atoms. The summed E-state index contributed by atoms with van der Waals surface area (Å²) < 4.78 is 22.9. The van der Waals surface area contributed by atoms with Crippen molar-refractivity contribution in [2.24, 2.45) is 0 Å². The zero-order valence-corrected chi connectivity index (χ0v) is 22.6. The first kappa shape index (κ1) is 25.7. The molecule has 1 fully saturated rings. The van der Waals surface area contributed by atoms with Crippen LogP contribution in [-0.2, 0) is 13.3 Å². The molecule has 7 rings (SSSR count). The number of hydrogen-bond acceptors (Lipinski definition) is 9. The molecule has 0 unspecified atom stereocenters. The second-order valence-electron chi connectivity index (χ2n) is 10.3. The lowest BCUT2D eigenvalue weighted by atomic mass is 10.0. The van der Waals surface area contributed by atoms with Gasteiger partial charge in [-0.2, -0.15) is 5.26 Å². The first-order valence-corrected chi connectivity index (χ1v) is 13.8. The monoisotopic (exact) mass is 559 g/mol. The second-order valence-corrected chi connectivity index (χ2v) is 10.3. The molecule has 4 aromatic heterocycles. The van der Waals surface area contributed by atoms with Gasteiger partial charge in [-0.1, -0.05) is 24.3 Å². The fourth-order valence-corrected chi connectivity index (χ4v) is 5.56. The summed E-state index contributed by atoms with van der Waals surface area (Å²) in [7, 11) is 0. The zero-order valence-electron chi connectivity index (χ0n) is 22.6. The predicted molar refractivity (Wildman–Crippen MR) is 153 cm³/mol. The lowest BCUT2D eigenvalue weighted by molar-refractivity contribution is 0.211. The van der Waals surface area contributed by atoms with Crippen molar-refractivity contribution in [2.45, 2.75) is 32.2 Å². The van der Waals surface area contributed by atoms with Crippen molar-refractivity contribution in [1.29, 1.82) is 5.26 Å². The van der Waals surface area contributed by atoms with Crippen LogP contribution in [0.2, 0.25) is 0 Å². The van der Waals surface area contributed by atoms with Crippen molar-refractivity contribution in [2.75, 3.05) is 18.4 Å². The van der Waals surface area contributed by atoms with Crippen LogP contribution in [0, 0.1) is 17.1 Å². The van der Waals surface area contributed by atoms with E-state index >= 15 is 4.39 Å². The molecule has 1 saturated heterocycles. The summed E-state index contributed by atoms with van der Waals surface area (Å²) in [5.74, 6) is 1.81. The van der Waals surface area contributed by atoms with E-state index in [1.807, 2.05) is 28.8 Å². The number of anilines is 1. The van der Waals surface area contributed by atoms with Gasteiger partial charge >= 0.3 is 0 Å². The first-order chi connectivity index (χ1) is 20.7. The highest BCUT2D eigenvalue weighted by Crippen LogP contribution is 2.41. The lowest BCUT2D eigenvalue weighted by Gasteiger charge is -2.32. The summed E-state index contributed by atoms with van der Waals surface area (Å²) in [6.07, 6.45) is 8.53. The number of imidazole rings is 1. The molecule has 0 saturated carbocycles. The van der Waals surface area contributed by atoms with Crippen molar-refractivity contribution in [3.8, 4) is 45.9 Å². The van der Waals surface area contributed by atoms with Gasteiger partial charge in [0.1, 0.15) is 34.8 Å². The van der Waals surface area contributed by atoms with Gasteiger partial charge in [0.15, 0.2) is 12.5 Å². The van der Waals surface area contributed by atoms with Gasteiger partial charge in [0.05, 0.1) is 11.3 Å². The number of benzene rings is 1. The Morgan fingerprint density at radius 2 is 1.83 bits per heavy atom. The van der Waals surface area contributed by atoms with Crippen molar-refractivity contribution in [3.05, 3.63) is 90.5 Å². The van der Waals surface area contributed by atoms with Gasteiger partial charge in [0, 0.05) is 56.0 Å². The molecule has 2 aliphatic heterocycles. The molecule has 5 aromatic rings. The van der Waals surface area contributed by atoms with Crippen LogP contribution in [0.3, 0.4) is 0 Å². The molecule has 6 heterocycles. The lowest BCUT2D eigenvalue weighted by Crippen LogP contribution is -2.38. The zero-order chi connectivity index (χ0) is 28.5. The van der Waals surface area contributed by atoms with Crippen molar-refractivity contribution < 1.29 is 9.13 Å². The fourth-order valence-electron chi connectivity index (χ4n) is 5.56. The number of likely N-dealkylation sites (tertiary alicyclic amines) is 1. The third-order valence-corrected chi connectivity index (χ3v) is 7.65. The number of aromatic nitrogens is 6. The van der Waals surface area contributed by atoms with E-state index in [0.29, 0.717) is 34.8 Å². The SMILES string of the molecule is N#Cc1nccc(NC2CCN(Cc3ccc(-c4nc5n(c4-c4ncccc4F)COc4ccncc4-5)cc3)CC2)n1. The molecular formula is C31H26FN9O. The van der Waals surface area contributed by atoms with E-state index in [1.165, 1.54) is 11.6 Å². The molecule has 2 aliphatic rings. The van der Waals surface area contributed by atoms with E-state index in [0.717, 1.165) is 43.6 Å². The highest BCUT2D eigenvalue weighted by molar-refractivity contribution is 5.82. The Hall–Kier alpha value is -5.21. The van der Waals surface area contributed by atoms with Crippen LogP contribution < -0.4 is 10.1 Å². The number of fused-ring (bicyclic) bond motifs is 3. The maximum absolute atomic E-state index is 15.0. The summed E-state index contributed by atoms with van der Waals surface area (Å²) >= 11 is 0. The highest BCUT2D eigenvalue weighted by atomic mass is 19.1. The molecule has 0 atom stereocenters. The summed E-state index contributed by atoms with van der Waals surface area (Å²) in [5, 5.41) is 12.5. The van der Waals surface area contributed by atoms with Crippen molar-refractivity contribution in [1.82, 2.24) is 34.4 Å². The third kappa shape index (κ3) is 4.93.